The lowest BCUT2D eigenvalue weighted by Gasteiger charge is -2.24. The number of rotatable bonds is 9. The number of aromatic nitrogens is 2. The number of aliphatic imine (C=N–C) groups is 1. The van der Waals surface area contributed by atoms with E-state index in [9.17, 15) is 4.79 Å². The lowest BCUT2D eigenvalue weighted by atomic mass is 9.94. The van der Waals surface area contributed by atoms with Crippen LogP contribution >= 0.6 is 0 Å². The summed E-state index contributed by atoms with van der Waals surface area (Å²) < 4.78 is 10.7. The molecule has 2 aromatic rings. The van der Waals surface area contributed by atoms with E-state index in [1.54, 1.807) is 32.7 Å². The lowest BCUT2D eigenvalue weighted by molar-refractivity contribution is 0.0744. The number of allylic oxidation sites excluding steroid dienone is 2. The van der Waals surface area contributed by atoms with Crippen molar-refractivity contribution in [1.82, 2.24) is 14.9 Å². The van der Waals surface area contributed by atoms with Gasteiger partial charge in [-0.05, 0) is 49.0 Å². The van der Waals surface area contributed by atoms with Crippen LogP contribution in [-0.4, -0.2) is 59.9 Å². The molecule has 2 aromatic heterocycles. The molecule has 0 aromatic carbocycles. The standard InChI is InChI=1S/C27H28N4O3/c1-33-23-7-3-5-21-20(16-30-25(21)23)12-14-31(17-18-8-9-18)27(32)26-22(6-4-13-28-26)19-10-11-24(34-2)29-15-19/h3-7,10-11,13,15-16,18,23H,8-9,12,14,17H2,1-2H3. The van der Waals surface area contributed by atoms with Gasteiger partial charge in [0.25, 0.3) is 5.91 Å². The zero-order chi connectivity index (χ0) is 23.5. The molecule has 1 fully saturated rings. The summed E-state index contributed by atoms with van der Waals surface area (Å²) in [5.41, 5.74) is 5.25. The Morgan fingerprint density at radius 3 is 2.79 bits per heavy atom. The van der Waals surface area contributed by atoms with Crippen molar-refractivity contribution in [3.8, 4) is 17.0 Å². The third-order valence-corrected chi connectivity index (χ3v) is 6.43. The summed E-state index contributed by atoms with van der Waals surface area (Å²) in [5.74, 6) is 1.05. The molecule has 0 spiro atoms. The van der Waals surface area contributed by atoms with Gasteiger partial charge in [0.2, 0.25) is 5.88 Å². The molecule has 3 heterocycles. The van der Waals surface area contributed by atoms with Crippen molar-refractivity contribution in [3.63, 3.8) is 0 Å². The quantitative estimate of drug-likeness (QED) is 0.564. The molecule has 1 amide bonds. The topological polar surface area (TPSA) is 76.9 Å². The molecule has 1 unspecified atom stereocenters. The molecule has 7 nitrogen and oxygen atoms in total. The Kier molecular flexibility index (Phi) is 6.36. The molecule has 1 atom stereocenters. The van der Waals surface area contributed by atoms with Gasteiger partial charge >= 0.3 is 0 Å². The Balaban J connectivity index is 1.35. The molecular formula is C27H28N4O3. The van der Waals surface area contributed by atoms with Crippen LogP contribution in [0.2, 0.25) is 0 Å². The first-order valence-corrected chi connectivity index (χ1v) is 11.6. The van der Waals surface area contributed by atoms with Crippen molar-refractivity contribution in [2.75, 3.05) is 27.3 Å². The SMILES string of the molecule is COc1ccc(-c2cccnc2C(=O)N(CCC2=CN=C3C2=CC=CC3OC)CC2CC2)cn1. The van der Waals surface area contributed by atoms with Crippen LogP contribution in [0, 0.1) is 5.92 Å². The van der Waals surface area contributed by atoms with Gasteiger partial charge in [-0.25, -0.2) is 4.98 Å². The zero-order valence-electron chi connectivity index (χ0n) is 19.5. The van der Waals surface area contributed by atoms with Gasteiger partial charge in [-0.1, -0.05) is 18.2 Å². The van der Waals surface area contributed by atoms with E-state index in [-0.39, 0.29) is 12.0 Å². The molecule has 7 heteroatoms. The number of hydrogen-bond acceptors (Lipinski definition) is 6. The lowest BCUT2D eigenvalue weighted by Crippen LogP contribution is -2.35. The van der Waals surface area contributed by atoms with Crippen molar-refractivity contribution in [2.45, 2.75) is 25.4 Å². The van der Waals surface area contributed by atoms with Crippen molar-refractivity contribution >= 4 is 11.6 Å². The van der Waals surface area contributed by atoms with E-state index in [1.807, 2.05) is 41.5 Å². The average Bonchev–Trinajstić information content (AvgIpc) is 3.62. The number of hydrogen-bond donors (Lipinski definition) is 0. The summed E-state index contributed by atoms with van der Waals surface area (Å²) in [6.45, 7) is 1.36. The van der Waals surface area contributed by atoms with Crippen LogP contribution in [0.25, 0.3) is 11.1 Å². The Labute approximate surface area is 199 Å². The maximum Gasteiger partial charge on any atom is 0.273 e. The van der Waals surface area contributed by atoms with E-state index in [4.69, 9.17) is 9.47 Å². The highest BCUT2D eigenvalue weighted by atomic mass is 16.5. The Morgan fingerprint density at radius 1 is 1.18 bits per heavy atom. The summed E-state index contributed by atoms with van der Waals surface area (Å²) in [6.07, 6.45) is 14.3. The third-order valence-electron chi connectivity index (χ3n) is 6.43. The fourth-order valence-electron chi connectivity index (χ4n) is 4.37. The first-order valence-electron chi connectivity index (χ1n) is 11.6. The first-order chi connectivity index (χ1) is 16.7. The van der Waals surface area contributed by atoms with Gasteiger partial charge in [-0.15, -0.1) is 0 Å². The van der Waals surface area contributed by atoms with E-state index < -0.39 is 0 Å². The van der Waals surface area contributed by atoms with E-state index in [1.165, 1.54) is 12.8 Å². The van der Waals surface area contributed by atoms with E-state index in [0.717, 1.165) is 41.0 Å². The first kappa shape index (κ1) is 22.2. The summed E-state index contributed by atoms with van der Waals surface area (Å²) in [7, 11) is 3.27. The van der Waals surface area contributed by atoms with Gasteiger partial charge in [-0.3, -0.25) is 14.8 Å². The fraction of sp³-hybridized carbons (Fsp3) is 0.333. The van der Waals surface area contributed by atoms with Gasteiger partial charge < -0.3 is 14.4 Å². The van der Waals surface area contributed by atoms with Crippen LogP contribution < -0.4 is 4.74 Å². The minimum absolute atomic E-state index is 0.0506. The second kappa shape index (κ2) is 9.73. The van der Waals surface area contributed by atoms with Gasteiger partial charge in [0, 0.05) is 61.6 Å². The number of carbonyl (C=O) groups excluding carboxylic acids is 1. The molecule has 2 aliphatic carbocycles. The van der Waals surface area contributed by atoms with Crippen LogP contribution in [0.1, 0.15) is 29.8 Å². The van der Waals surface area contributed by atoms with Crippen LogP contribution in [0.3, 0.4) is 0 Å². The summed E-state index contributed by atoms with van der Waals surface area (Å²) in [5, 5.41) is 0. The van der Waals surface area contributed by atoms with Crippen molar-refractivity contribution in [1.29, 1.82) is 0 Å². The highest BCUT2D eigenvalue weighted by Crippen LogP contribution is 2.33. The highest BCUT2D eigenvalue weighted by Gasteiger charge is 2.30. The van der Waals surface area contributed by atoms with E-state index in [2.05, 4.69) is 21.0 Å². The van der Waals surface area contributed by atoms with Gasteiger partial charge in [-0.2, -0.15) is 0 Å². The number of ether oxygens (including phenoxy) is 2. The molecule has 1 saturated carbocycles. The highest BCUT2D eigenvalue weighted by molar-refractivity contribution is 6.11. The second-order valence-corrected chi connectivity index (χ2v) is 8.72. The Hall–Kier alpha value is -3.58. The number of fused-ring (bicyclic) bond motifs is 1. The minimum Gasteiger partial charge on any atom is -0.481 e. The molecule has 174 valence electrons. The predicted molar refractivity (Wildman–Crippen MR) is 131 cm³/mol. The van der Waals surface area contributed by atoms with Crippen molar-refractivity contribution in [2.24, 2.45) is 10.9 Å². The Morgan fingerprint density at radius 2 is 2.06 bits per heavy atom. The molecule has 0 bridgehead atoms. The van der Waals surface area contributed by atoms with E-state index >= 15 is 0 Å². The van der Waals surface area contributed by atoms with Crippen molar-refractivity contribution < 1.29 is 14.3 Å². The van der Waals surface area contributed by atoms with Gasteiger partial charge in [0.15, 0.2) is 0 Å². The molecule has 3 aliphatic rings. The third kappa shape index (κ3) is 4.56. The molecule has 5 rings (SSSR count). The fourth-order valence-corrected chi connectivity index (χ4v) is 4.37. The molecule has 0 radical (unpaired) electrons. The smallest absolute Gasteiger partial charge is 0.273 e. The van der Waals surface area contributed by atoms with Gasteiger partial charge in [0.05, 0.1) is 12.8 Å². The molecule has 0 saturated heterocycles. The summed E-state index contributed by atoms with van der Waals surface area (Å²) in [4.78, 5) is 29.1. The largest absolute Gasteiger partial charge is 0.481 e. The number of amides is 1. The normalized spacial score (nSPS) is 18.6. The molecule has 1 aliphatic heterocycles. The van der Waals surface area contributed by atoms with Crippen LogP contribution in [0.5, 0.6) is 5.88 Å². The van der Waals surface area contributed by atoms with Gasteiger partial charge in [0.1, 0.15) is 11.8 Å². The molecular weight excluding hydrogens is 428 g/mol. The van der Waals surface area contributed by atoms with E-state index in [0.29, 0.717) is 24.0 Å². The number of pyridine rings is 2. The zero-order valence-corrected chi connectivity index (χ0v) is 19.5. The molecule has 34 heavy (non-hydrogen) atoms. The number of nitrogens with zero attached hydrogens (tertiary/aromatic N) is 4. The number of methoxy groups -OCH3 is 2. The second-order valence-electron chi connectivity index (χ2n) is 8.72. The maximum atomic E-state index is 13.7. The summed E-state index contributed by atoms with van der Waals surface area (Å²) >= 11 is 0. The summed E-state index contributed by atoms with van der Waals surface area (Å²) in [6, 6.07) is 7.46. The van der Waals surface area contributed by atoms with Crippen LogP contribution in [0.15, 0.2) is 77.2 Å². The predicted octanol–water partition coefficient (Wildman–Crippen LogP) is 4.24. The number of carbonyl (C=O) groups is 1. The minimum atomic E-state index is -0.118. The van der Waals surface area contributed by atoms with Crippen molar-refractivity contribution in [3.05, 3.63) is 77.9 Å². The maximum absolute atomic E-state index is 13.7. The average molecular weight is 457 g/mol. The van der Waals surface area contributed by atoms with Crippen LogP contribution in [0.4, 0.5) is 0 Å². The van der Waals surface area contributed by atoms with Crippen LogP contribution in [-0.2, 0) is 4.74 Å². The Bertz CT molecular complexity index is 1190. The monoisotopic (exact) mass is 456 g/mol. The molecule has 0 N–H and O–H groups in total.